The van der Waals surface area contributed by atoms with Gasteiger partial charge in [0.25, 0.3) is 0 Å². The van der Waals surface area contributed by atoms with Gasteiger partial charge in [-0.05, 0) is 0 Å². The fourth-order valence-corrected chi connectivity index (χ4v) is 0.929. The topological polar surface area (TPSA) is 72.0 Å². The summed E-state index contributed by atoms with van der Waals surface area (Å²) in [6, 6.07) is 1.25. The van der Waals surface area contributed by atoms with Crippen LogP contribution in [0.4, 0.5) is 11.4 Å². The van der Waals surface area contributed by atoms with E-state index in [-0.39, 0.29) is 0 Å². The molecule has 0 amide bonds. The Bertz CT molecular complexity index is 485. The number of hydrogen-bond acceptors (Lipinski definition) is 5. The maximum absolute atomic E-state index is 10.8. The van der Waals surface area contributed by atoms with Crippen LogP contribution >= 0.6 is 0 Å². The Balaban J connectivity index is 2.23. The van der Waals surface area contributed by atoms with Crippen molar-refractivity contribution in [2.45, 2.75) is 0 Å². The van der Waals surface area contributed by atoms with Gasteiger partial charge in [0.05, 0.1) is 23.8 Å². The molecule has 0 atom stereocenters. The Kier molecular flexibility index (Phi) is 1.63. The molecule has 13 heavy (non-hydrogen) atoms. The largest absolute Gasteiger partial charge is 0.350 e. The van der Waals surface area contributed by atoms with Crippen molar-refractivity contribution in [3.63, 3.8) is 0 Å². The average Bonchev–Trinajstić information content (AvgIpc) is 2.19. The summed E-state index contributed by atoms with van der Waals surface area (Å²) < 4.78 is 0. The first-order chi connectivity index (χ1) is 6.27. The summed E-state index contributed by atoms with van der Waals surface area (Å²) in [5, 5.41) is 2.72. The molecule has 0 bridgehead atoms. The fourth-order valence-electron chi connectivity index (χ4n) is 0.929. The molecular formula is C8H5N3O2. The highest BCUT2D eigenvalue weighted by Gasteiger charge is 2.08. The lowest BCUT2D eigenvalue weighted by Gasteiger charge is -2.03. The molecule has 64 valence electrons. The maximum Gasteiger partial charge on any atom is 0.249 e. The molecule has 0 spiro atoms. The van der Waals surface area contributed by atoms with E-state index in [4.69, 9.17) is 0 Å². The van der Waals surface area contributed by atoms with Crippen LogP contribution in [0.15, 0.2) is 34.4 Å². The van der Waals surface area contributed by atoms with Crippen LogP contribution < -0.4 is 16.2 Å². The first-order valence-corrected chi connectivity index (χ1v) is 3.60. The van der Waals surface area contributed by atoms with Crippen LogP contribution in [-0.4, -0.2) is 9.97 Å². The molecule has 1 N–H and O–H groups in total. The second-order valence-corrected chi connectivity index (χ2v) is 2.50. The van der Waals surface area contributed by atoms with Crippen molar-refractivity contribution in [1.29, 1.82) is 0 Å². The van der Waals surface area contributed by atoms with Crippen molar-refractivity contribution in [3.05, 3.63) is 45.2 Å². The second kappa shape index (κ2) is 2.78. The van der Waals surface area contributed by atoms with Crippen LogP contribution in [0.25, 0.3) is 0 Å². The lowest BCUT2D eigenvalue weighted by Crippen LogP contribution is -2.31. The molecule has 0 aliphatic rings. The summed E-state index contributed by atoms with van der Waals surface area (Å²) in [5.41, 5.74) is -0.0856. The van der Waals surface area contributed by atoms with Gasteiger partial charge in [-0.3, -0.25) is 9.59 Å². The van der Waals surface area contributed by atoms with Gasteiger partial charge in [0.2, 0.25) is 10.9 Å². The zero-order valence-corrected chi connectivity index (χ0v) is 6.52. The van der Waals surface area contributed by atoms with E-state index < -0.39 is 10.9 Å². The van der Waals surface area contributed by atoms with Gasteiger partial charge in [-0.1, -0.05) is 0 Å². The highest BCUT2D eigenvalue weighted by molar-refractivity contribution is 5.59. The van der Waals surface area contributed by atoms with Crippen LogP contribution in [-0.2, 0) is 0 Å². The second-order valence-electron chi connectivity index (χ2n) is 2.50. The highest BCUT2D eigenvalue weighted by Crippen LogP contribution is 2.07. The monoisotopic (exact) mass is 175 g/mol. The number of nitrogens with one attached hydrogen (secondary N) is 1. The summed E-state index contributed by atoms with van der Waals surface area (Å²) in [6.07, 6.45) is 4.42. The van der Waals surface area contributed by atoms with E-state index >= 15 is 0 Å². The summed E-state index contributed by atoms with van der Waals surface area (Å²) in [5.74, 6) is 0. The summed E-state index contributed by atoms with van der Waals surface area (Å²) in [7, 11) is 0. The first kappa shape index (κ1) is 7.60. The molecule has 5 heteroatoms. The fraction of sp³-hybridized carbons (Fsp3) is 0. The zero-order valence-electron chi connectivity index (χ0n) is 6.52. The normalized spacial score (nSPS) is 10.2. The average molecular weight is 175 g/mol. The Morgan fingerprint density at radius 2 is 1.85 bits per heavy atom. The summed E-state index contributed by atoms with van der Waals surface area (Å²) in [6.45, 7) is 0. The summed E-state index contributed by atoms with van der Waals surface area (Å²) >= 11 is 0. The zero-order chi connectivity index (χ0) is 9.26. The van der Waals surface area contributed by atoms with Crippen molar-refractivity contribution in [3.8, 4) is 0 Å². The quantitative estimate of drug-likeness (QED) is 0.641. The van der Waals surface area contributed by atoms with Crippen LogP contribution in [0.1, 0.15) is 0 Å². The van der Waals surface area contributed by atoms with Gasteiger partial charge >= 0.3 is 0 Å². The molecule has 0 aliphatic heterocycles. The van der Waals surface area contributed by atoms with Crippen molar-refractivity contribution >= 4 is 11.4 Å². The van der Waals surface area contributed by atoms with Gasteiger partial charge in [-0.25, -0.2) is 9.97 Å². The van der Waals surface area contributed by atoms with Gasteiger partial charge in [0.15, 0.2) is 0 Å². The molecule has 0 unspecified atom stereocenters. The van der Waals surface area contributed by atoms with Crippen molar-refractivity contribution < 1.29 is 0 Å². The van der Waals surface area contributed by atoms with Crippen LogP contribution in [0.3, 0.4) is 0 Å². The predicted octanol–water partition coefficient (Wildman–Crippen LogP) is -0.184. The van der Waals surface area contributed by atoms with Crippen molar-refractivity contribution in [2.75, 3.05) is 5.32 Å². The highest BCUT2D eigenvalue weighted by atomic mass is 16.2. The number of aromatic nitrogens is 2. The minimum Gasteiger partial charge on any atom is -0.350 e. The third-order valence-electron chi connectivity index (χ3n) is 1.58. The third-order valence-corrected chi connectivity index (χ3v) is 1.58. The molecule has 0 radical (unpaired) electrons. The van der Waals surface area contributed by atoms with Crippen LogP contribution in [0.2, 0.25) is 0 Å². The lowest BCUT2D eigenvalue weighted by molar-refractivity contribution is 1.16. The van der Waals surface area contributed by atoms with Gasteiger partial charge in [-0.15, -0.1) is 0 Å². The van der Waals surface area contributed by atoms with E-state index in [0.29, 0.717) is 11.4 Å². The van der Waals surface area contributed by atoms with Crippen molar-refractivity contribution in [1.82, 2.24) is 9.97 Å². The van der Waals surface area contributed by atoms with Gasteiger partial charge < -0.3 is 5.32 Å². The number of rotatable bonds is 2. The molecule has 1 aromatic carbocycles. The SMILES string of the molecule is O=c1cc(Nc2cncnc2)c1=O. The van der Waals surface area contributed by atoms with E-state index in [2.05, 4.69) is 15.3 Å². The predicted molar refractivity (Wildman–Crippen MR) is 46.7 cm³/mol. The van der Waals surface area contributed by atoms with Crippen LogP contribution in [0.5, 0.6) is 0 Å². The summed E-state index contributed by atoms with van der Waals surface area (Å²) in [4.78, 5) is 28.9. The van der Waals surface area contributed by atoms with E-state index in [1.165, 1.54) is 24.8 Å². The minimum absolute atomic E-state index is 0.291. The Labute approximate surface area is 72.8 Å². The molecule has 1 heterocycles. The number of anilines is 2. The standard InChI is InChI=1S/C8H5N3O2/c12-7-1-6(8(7)13)11-5-2-9-4-10-3-5/h1-4,11H. The van der Waals surface area contributed by atoms with Crippen molar-refractivity contribution in [2.24, 2.45) is 0 Å². The molecule has 0 aliphatic carbocycles. The van der Waals surface area contributed by atoms with Gasteiger partial charge in [-0.2, -0.15) is 0 Å². The molecule has 1 aromatic heterocycles. The van der Waals surface area contributed by atoms with Crippen LogP contribution in [0, 0.1) is 0 Å². The molecule has 0 saturated heterocycles. The van der Waals surface area contributed by atoms with E-state index in [0.717, 1.165) is 0 Å². The minimum atomic E-state index is -0.496. The first-order valence-electron chi connectivity index (χ1n) is 3.60. The van der Waals surface area contributed by atoms with E-state index in [1.54, 1.807) is 0 Å². The Morgan fingerprint density at radius 1 is 1.15 bits per heavy atom. The smallest absolute Gasteiger partial charge is 0.249 e. The molecule has 5 nitrogen and oxygen atoms in total. The third kappa shape index (κ3) is 1.31. The molecule has 0 fully saturated rings. The molecule has 2 rings (SSSR count). The Hall–Kier alpha value is -2.04. The van der Waals surface area contributed by atoms with E-state index in [1.807, 2.05) is 0 Å². The Morgan fingerprint density at radius 3 is 2.38 bits per heavy atom. The maximum atomic E-state index is 10.8. The molecular weight excluding hydrogens is 170 g/mol. The lowest BCUT2D eigenvalue weighted by atomic mass is 10.2. The molecule has 2 aromatic rings. The number of nitrogens with zero attached hydrogens (tertiary/aromatic N) is 2. The molecule has 0 saturated carbocycles. The number of hydrogen-bond donors (Lipinski definition) is 1. The van der Waals surface area contributed by atoms with Gasteiger partial charge in [0.1, 0.15) is 6.33 Å². The van der Waals surface area contributed by atoms with E-state index in [9.17, 15) is 9.59 Å². The van der Waals surface area contributed by atoms with Gasteiger partial charge in [0, 0.05) is 6.07 Å².